The molecule has 3 unspecified atom stereocenters. The Morgan fingerprint density at radius 3 is 2.21 bits per heavy atom. The monoisotopic (exact) mass is 458 g/mol. The molecule has 3 rings (SSSR count). The maximum Gasteiger partial charge on any atom is 0.573 e. The van der Waals surface area contributed by atoms with Crippen molar-refractivity contribution in [2.45, 2.75) is 56.5 Å². The standard InChI is InChI=1S/C20H29F3N2O2.2ClH/c1-15(16-6-8-17(9-7-16)27-20(21,22)23)19(26)10-4-3-5-18(19)25-13-11-24(2)12-14-25;;/h6-9,15,18,26H,3-5,10-14H2,1-2H3;2*1H. The number of halogens is 5. The SMILES string of the molecule is CC(c1ccc(OC(F)(F)F)cc1)C1(O)CCCCC1N1CCN(C)CC1.Cl.Cl. The number of aliphatic hydroxyl groups is 1. The quantitative estimate of drug-likeness (QED) is 0.722. The molecule has 29 heavy (non-hydrogen) atoms. The number of nitrogens with zero attached hydrogens (tertiary/aromatic N) is 2. The maximum absolute atomic E-state index is 12.4. The molecule has 0 spiro atoms. The van der Waals surface area contributed by atoms with Crippen molar-refractivity contribution < 1.29 is 23.0 Å². The molecule has 0 radical (unpaired) electrons. The fourth-order valence-corrected chi connectivity index (χ4v) is 4.55. The zero-order valence-corrected chi connectivity index (χ0v) is 18.5. The third-order valence-electron chi connectivity index (χ3n) is 6.22. The van der Waals surface area contributed by atoms with Gasteiger partial charge in [-0.3, -0.25) is 4.90 Å². The summed E-state index contributed by atoms with van der Waals surface area (Å²) < 4.78 is 41.1. The smallest absolute Gasteiger partial charge is 0.406 e. The molecule has 0 aromatic heterocycles. The molecule has 4 nitrogen and oxygen atoms in total. The normalized spacial score (nSPS) is 27.4. The summed E-state index contributed by atoms with van der Waals surface area (Å²) >= 11 is 0. The van der Waals surface area contributed by atoms with E-state index in [1.807, 2.05) is 6.92 Å². The number of alkyl halides is 3. The van der Waals surface area contributed by atoms with Crippen LogP contribution in [0.25, 0.3) is 0 Å². The van der Waals surface area contributed by atoms with Crippen LogP contribution in [-0.2, 0) is 0 Å². The van der Waals surface area contributed by atoms with Gasteiger partial charge in [-0.25, -0.2) is 0 Å². The lowest BCUT2D eigenvalue weighted by Crippen LogP contribution is -2.60. The minimum absolute atomic E-state index is 0. The van der Waals surface area contributed by atoms with Gasteiger partial charge in [-0.2, -0.15) is 0 Å². The van der Waals surface area contributed by atoms with Crippen LogP contribution in [0.2, 0.25) is 0 Å². The lowest BCUT2D eigenvalue weighted by atomic mass is 9.70. The zero-order chi connectivity index (χ0) is 19.7. The number of benzene rings is 1. The topological polar surface area (TPSA) is 35.9 Å². The lowest BCUT2D eigenvalue weighted by Gasteiger charge is -2.51. The predicted octanol–water partition coefficient (Wildman–Crippen LogP) is 4.45. The molecule has 9 heteroatoms. The molecule has 1 heterocycles. The van der Waals surface area contributed by atoms with E-state index in [4.69, 9.17) is 0 Å². The Morgan fingerprint density at radius 1 is 1.07 bits per heavy atom. The second-order valence-electron chi connectivity index (χ2n) is 7.93. The average molecular weight is 459 g/mol. The van der Waals surface area contributed by atoms with E-state index in [0.29, 0.717) is 6.42 Å². The van der Waals surface area contributed by atoms with E-state index >= 15 is 0 Å². The minimum Gasteiger partial charge on any atom is -0.406 e. The Morgan fingerprint density at radius 2 is 1.66 bits per heavy atom. The number of likely N-dealkylation sites (N-methyl/N-ethyl adjacent to an activating group) is 1. The van der Waals surface area contributed by atoms with Gasteiger partial charge in [-0.1, -0.05) is 31.9 Å². The zero-order valence-electron chi connectivity index (χ0n) is 16.8. The van der Waals surface area contributed by atoms with Crippen LogP contribution >= 0.6 is 24.8 Å². The van der Waals surface area contributed by atoms with Gasteiger partial charge >= 0.3 is 6.36 Å². The van der Waals surface area contributed by atoms with Crippen LogP contribution in [0.1, 0.15) is 44.1 Å². The number of hydrogen-bond acceptors (Lipinski definition) is 4. The van der Waals surface area contributed by atoms with Crippen molar-refractivity contribution in [3.63, 3.8) is 0 Å². The molecule has 0 amide bonds. The Labute approximate surface area is 183 Å². The van der Waals surface area contributed by atoms with Gasteiger partial charge in [0.2, 0.25) is 0 Å². The second-order valence-corrected chi connectivity index (χ2v) is 7.93. The molecule has 2 aliphatic rings. The fourth-order valence-electron chi connectivity index (χ4n) is 4.55. The summed E-state index contributed by atoms with van der Waals surface area (Å²) in [5, 5.41) is 11.7. The van der Waals surface area contributed by atoms with E-state index in [0.717, 1.165) is 51.0 Å². The summed E-state index contributed by atoms with van der Waals surface area (Å²) in [7, 11) is 2.11. The molecular formula is C20H31Cl2F3N2O2. The van der Waals surface area contributed by atoms with Gasteiger partial charge in [-0.05, 0) is 37.6 Å². The van der Waals surface area contributed by atoms with E-state index in [9.17, 15) is 18.3 Å². The highest BCUT2D eigenvalue weighted by molar-refractivity contribution is 5.85. The fraction of sp³-hybridized carbons (Fsp3) is 0.700. The number of rotatable bonds is 4. The largest absolute Gasteiger partial charge is 0.573 e. The van der Waals surface area contributed by atoms with Crippen molar-refractivity contribution in [3.8, 4) is 5.75 Å². The van der Waals surface area contributed by atoms with Crippen LogP contribution in [-0.4, -0.2) is 66.1 Å². The first-order chi connectivity index (χ1) is 12.7. The predicted molar refractivity (Wildman–Crippen MR) is 112 cm³/mol. The van der Waals surface area contributed by atoms with Crippen molar-refractivity contribution >= 4 is 24.8 Å². The molecule has 168 valence electrons. The summed E-state index contributed by atoms with van der Waals surface area (Å²) in [6, 6.07) is 6.02. The van der Waals surface area contributed by atoms with Crippen molar-refractivity contribution in [3.05, 3.63) is 29.8 Å². The summed E-state index contributed by atoms with van der Waals surface area (Å²) in [6.07, 6.45) is -0.947. The van der Waals surface area contributed by atoms with Crippen molar-refractivity contribution in [1.82, 2.24) is 9.80 Å². The first kappa shape index (κ1) is 26.3. The molecule has 3 atom stereocenters. The van der Waals surface area contributed by atoms with Crippen LogP contribution in [0.3, 0.4) is 0 Å². The van der Waals surface area contributed by atoms with Crippen molar-refractivity contribution in [2.24, 2.45) is 0 Å². The van der Waals surface area contributed by atoms with Gasteiger partial charge in [0.1, 0.15) is 5.75 Å². The maximum atomic E-state index is 12.4. The molecule has 0 bridgehead atoms. The van der Waals surface area contributed by atoms with E-state index in [-0.39, 0.29) is 42.5 Å². The summed E-state index contributed by atoms with van der Waals surface area (Å²) in [6.45, 7) is 5.84. The lowest BCUT2D eigenvalue weighted by molar-refractivity contribution is -0.274. The van der Waals surface area contributed by atoms with Gasteiger partial charge in [0.15, 0.2) is 0 Å². The third-order valence-corrected chi connectivity index (χ3v) is 6.22. The number of hydrogen-bond donors (Lipinski definition) is 1. The summed E-state index contributed by atoms with van der Waals surface area (Å²) in [5.41, 5.74) is -0.0337. The van der Waals surface area contributed by atoms with Crippen LogP contribution in [0, 0.1) is 0 Å². The Bertz CT molecular complexity index is 625. The Balaban J connectivity index is 0.00000210. The summed E-state index contributed by atoms with van der Waals surface area (Å²) in [4.78, 5) is 4.69. The van der Waals surface area contributed by atoms with E-state index in [2.05, 4.69) is 21.6 Å². The number of ether oxygens (including phenoxy) is 1. The Kier molecular flexibility index (Phi) is 9.55. The van der Waals surface area contributed by atoms with Crippen LogP contribution in [0.4, 0.5) is 13.2 Å². The van der Waals surface area contributed by atoms with E-state index in [1.54, 1.807) is 12.1 Å². The van der Waals surface area contributed by atoms with E-state index < -0.39 is 12.0 Å². The molecule has 1 aromatic carbocycles. The molecule has 1 aliphatic heterocycles. The highest BCUT2D eigenvalue weighted by Crippen LogP contribution is 2.42. The molecule has 1 aliphatic carbocycles. The van der Waals surface area contributed by atoms with Crippen molar-refractivity contribution in [1.29, 1.82) is 0 Å². The highest BCUT2D eigenvalue weighted by atomic mass is 35.5. The van der Waals surface area contributed by atoms with Crippen LogP contribution < -0.4 is 4.74 Å². The van der Waals surface area contributed by atoms with Gasteiger partial charge in [0.25, 0.3) is 0 Å². The summed E-state index contributed by atoms with van der Waals surface area (Å²) in [5.74, 6) is -0.396. The molecule has 2 fully saturated rings. The van der Waals surface area contributed by atoms with Gasteiger partial charge < -0.3 is 14.7 Å². The molecule has 1 N–H and O–H groups in total. The van der Waals surface area contributed by atoms with Crippen LogP contribution in [0.15, 0.2) is 24.3 Å². The van der Waals surface area contributed by atoms with Crippen molar-refractivity contribution in [2.75, 3.05) is 33.2 Å². The average Bonchev–Trinajstić information content (AvgIpc) is 2.62. The van der Waals surface area contributed by atoms with E-state index in [1.165, 1.54) is 12.1 Å². The highest BCUT2D eigenvalue weighted by Gasteiger charge is 2.46. The first-order valence-electron chi connectivity index (χ1n) is 9.70. The molecular weight excluding hydrogens is 428 g/mol. The minimum atomic E-state index is -4.69. The van der Waals surface area contributed by atoms with Crippen LogP contribution in [0.5, 0.6) is 5.75 Å². The number of piperazine rings is 1. The molecule has 1 saturated heterocycles. The molecule has 1 saturated carbocycles. The third kappa shape index (κ3) is 6.37. The Hall–Kier alpha value is -0.730. The molecule has 1 aromatic rings. The van der Waals surface area contributed by atoms with Gasteiger partial charge in [0, 0.05) is 38.1 Å². The first-order valence-corrected chi connectivity index (χ1v) is 9.70. The van der Waals surface area contributed by atoms with Gasteiger partial charge in [-0.15, -0.1) is 38.0 Å². The van der Waals surface area contributed by atoms with Gasteiger partial charge in [0.05, 0.1) is 5.60 Å². The second kappa shape index (κ2) is 10.5.